The molecule has 1 heterocycles. The molecule has 39 heavy (non-hydrogen) atoms. The number of carbonyl (C=O) groups excluding carboxylic acids is 1. The van der Waals surface area contributed by atoms with Crippen molar-refractivity contribution in [2.24, 2.45) is 0 Å². The number of aryl methyl sites for hydroxylation is 2. The third kappa shape index (κ3) is 8.28. The SMILES string of the molecule is Cc1ccc(C2(CCOS(C)(=O)=O)CCCNC(C(=O)Cc3cc(C(F)(F)F)cc(C(F)(F)F)c3)C2)cc1C. The standard InChI is InChI=1S/C27H31F6NO4S/c1-17-5-6-20(11-18(17)2)25(8-10-38-39(3,36)37)7-4-9-34-23(16-25)24(35)14-19-12-21(26(28,29)30)15-22(13-19)27(31,32)33/h5-6,11-13,15,23,34H,4,7-10,14,16H2,1-3H3. The monoisotopic (exact) mass is 579 g/mol. The minimum Gasteiger partial charge on any atom is -0.307 e. The van der Waals surface area contributed by atoms with Gasteiger partial charge in [0, 0.05) is 6.42 Å². The van der Waals surface area contributed by atoms with Crippen LogP contribution in [0.4, 0.5) is 26.3 Å². The third-order valence-electron chi connectivity index (χ3n) is 7.23. The first-order valence-corrected chi connectivity index (χ1v) is 14.2. The maximum absolute atomic E-state index is 13.4. The Morgan fingerprint density at radius 3 is 2.15 bits per heavy atom. The summed E-state index contributed by atoms with van der Waals surface area (Å²) in [6, 6.07) is 6.07. The van der Waals surface area contributed by atoms with Gasteiger partial charge in [-0.3, -0.25) is 8.98 Å². The Balaban J connectivity index is 1.96. The van der Waals surface area contributed by atoms with Gasteiger partial charge in [-0.15, -0.1) is 0 Å². The Bertz CT molecular complexity index is 1270. The van der Waals surface area contributed by atoms with Gasteiger partial charge in [0.15, 0.2) is 5.78 Å². The van der Waals surface area contributed by atoms with E-state index in [-0.39, 0.29) is 31.1 Å². The van der Waals surface area contributed by atoms with Crippen molar-refractivity contribution in [2.75, 3.05) is 19.4 Å². The van der Waals surface area contributed by atoms with Crippen LogP contribution >= 0.6 is 0 Å². The number of carbonyl (C=O) groups is 1. The molecule has 5 nitrogen and oxygen atoms in total. The Morgan fingerprint density at radius 2 is 1.62 bits per heavy atom. The molecule has 0 saturated carbocycles. The van der Waals surface area contributed by atoms with Crippen LogP contribution in [0.5, 0.6) is 0 Å². The zero-order valence-corrected chi connectivity index (χ0v) is 22.6. The van der Waals surface area contributed by atoms with Crippen LogP contribution in [0, 0.1) is 13.8 Å². The minimum atomic E-state index is -5.02. The average Bonchev–Trinajstić information content (AvgIpc) is 3.02. The average molecular weight is 580 g/mol. The summed E-state index contributed by atoms with van der Waals surface area (Å²) in [6.45, 7) is 4.11. The number of hydrogen-bond donors (Lipinski definition) is 1. The van der Waals surface area contributed by atoms with Gasteiger partial charge in [0.25, 0.3) is 10.1 Å². The first kappa shape index (κ1) is 31.1. The maximum Gasteiger partial charge on any atom is 0.416 e. The summed E-state index contributed by atoms with van der Waals surface area (Å²) in [6.07, 6.45) is -8.13. The van der Waals surface area contributed by atoms with Crippen molar-refractivity contribution in [3.8, 4) is 0 Å². The van der Waals surface area contributed by atoms with Crippen molar-refractivity contribution in [3.05, 3.63) is 69.8 Å². The van der Waals surface area contributed by atoms with Crippen LogP contribution in [0.2, 0.25) is 0 Å². The van der Waals surface area contributed by atoms with Crippen LogP contribution in [-0.2, 0) is 43.3 Å². The zero-order chi connectivity index (χ0) is 29.2. The molecule has 12 heteroatoms. The molecule has 1 N–H and O–H groups in total. The van der Waals surface area contributed by atoms with Crippen molar-refractivity contribution < 1.29 is 43.7 Å². The lowest BCUT2D eigenvalue weighted by molar-refractivity contribution is -0.143. The maximum atomic E-state index is 13.4. The highest BCUT2D eigenvalue weighted by atomic mass is 32.2. The fourth-order valence-corrected chi connectivity index (χ4v) is 5.42. The Labute approximate surface area is 224 Å². The lowest BCUT2D eigenvalue weighted by Crippen LogP contribution is -2.42. The van der Waals surface area contributed by atoms with E-state index in [2.05, 4.69) is 5.32 Å². The highest BCUT2D eigenvalue weighted by molar-refractivity contribution is 7.85. The van der Waals surface area contributed by atoms with E-state index in [9.17, 15) is 39.6 Å². The predicted molar refractivity (Wildman–Crippen MR) is 134 cm³/mol. The zero-order valence-electron chi connectivity index (χ0n) is 21.8. The number of Topliss-reactive ketones (excluding diaryl/α,β-unsaturated/α-hetero) is 1. The van der Waals surface area contributed by atoms with Crippen LogP contribution in [0.25, 0.3) is 0 Å². The third-order valence-corrected chi connectivity index (χ3v) is 7.82. The van der Waals surface area contributed by atoms with Crippen LogP contribution in [0.1, 0.15) is 59.1 Å². The predicted octanol–water partition coefficient (Wildman–Crippen LogP) is 5.90. The smallest absolute Gasteiger partial charge is 0.307 e. The molecule has 0 aliphatic carbocycles. The van der Waals surface area contributed by atoms with E-state index in [0.717, 1.165) is 22.9 Å². The molecule has 1 fully saturated rings. The van der Waals surface area contributed by atoms with E-state index in [1.807, 2.05) is 32.0 Å². The molecule has 0 radical (unpaired) electrons. The molecular formula is C27H31F6NO4S. The molecule has 0 amide bonds. The number of hydrogen-bond acceptors (Lipinski definition) is 5. The van der Waals surface area contributed by atoms with Crippen molar-refractivity contribution in [3.63, 3.8) is 0 Å². The van der Waals surface area contributed by atoms with Gasteiger partial charge in [-0.05, 0) is 91.9 Å². The molecule has 0 aromatic heterocycles. The van der Waals surface area contributed by atoms with Crippen molar-refractivity contribution >= 4 is 15.9 Å². The molecule has 1 aliphatic rings. The molecule has 2 unspecified atom stereocenters. The van der Waals surface area contributed by atoms with Crippen LogP contribution in [-0.4, -0.2) is 39.7 Å². The van der Waals surface area contributed by atoms with Crippen LogP contribution in [0.15, 0.2) is 36.4 Å². The second-order valence-corrected chi connectivity index (χ2v) is 11.9. The fourth-order valence-electron chi connectivity index (χ4n) is 5.03. The van der Waals surface area contributed by atoms with E-state index in [0.29, 0.717) is 31.5 Å². The number of alkyl halides is 6. The molecule has 2 atom stereocenters. The van der Waals surface area contributed by atoms with Gasteiger partial charge in [0.1, 0.15) is 0 Å². The summed E-state index contributed by atoms with van der Waals surface area (Å²) in [4.78, 5) is 13.4. The second kappa shape index (κ2) is 11.6. The quantitative estimate of drug-likeness (QED) is 0.312. The summed E-state index contributed by atoms with van der Waals surface area (Å²) in [5.74, 6) is -0.554. The molecule has 2 aromatic carbocycles. The first-order valence-electron chi connectivity index (χ1n) is 12.4. The van der Waals surface area contributed by atoms with E-state index < -0.39 is 57.3 Å². The number of ketones is 1. The van der Waals surface area contributed by atoms with Crippen molar-refractivity contribution in [1.82, 2.24) is 5.32 Å². The Morgan fingerprint density at radius 1 is 1.00 bits per heavy atom. The summed E-state index contributed by atoms with van der Waals surface area (Å²) < 4.78 is 108. The minimum absolute atomic E-state index is 0.0321. The number of benzene rings is 2. The van der Waals surface area contributed by atoms with Crippen molar-refractivity contribution in [1.29, 1.82) is 0 Å². The van der Waals surface area contributed by atoms with E-state index in [1.165, 1.54) is 0 Å². The lowest BCUT2D eigenvalue weighted by Gasteiger charge is -2.36. The fraction of sp³-hybridized carbons (Fsp3) is 0.519. The summed E-state index contributed by atoms with van der Waals surface area (Å²) in [7, 11) is -3.73. The van der Waals surface area contributed by atoms with Gasteiger partial charge in [-0.2, -0.15) is 34.8 Å². The molecule has 1 saturated heterocycles. The normalized spacial score (nSPS) is 21.0. The highest BCUT2D eigenvalue weighted by Crippen LogP contribution is 2.41. The van der Waals surface area contributed by atoms with E-state index in [1.54, 1.807) is 0 Å². The molecule has 2 aromatic rings. The van der Waals surface area contributed by atoms with Gasteiger partial charge in [-0.1, -0.05) is 18.2 Å². The first-order chi connectivity index (χ1) is 17.9. The van der Waals surface area contributed by atoms with E-state index >= 15 is 0 Å². The lowest BCUT2D eigenvalue weighted by atomic mass is 9.69. The second-order valence-electron chi connectivity index (χ2n) is 10.2. The number of nitrogens with one attached hydrogen (secondary N) is 1. The van der Waals surface area contributed by atoms with Gasteiger partial charge < -0.3 is 5.32 Å². The molecule has 216 valence electrons. The molecule has 3 rings (SSSR count). The molecule has 1 aliphatic heterocycles. The van der Waals surface area contributed by atoms with Crippen LogP contribution < -0.4 is 5.32 Å². The highest BCUT2D eigenvalue weighted by Gasteiger charge is 2.40. The van der Waals surface area contributed by atoms with Gasteiger partial charge >= 0.3 is 12.4 Å². The summed E-state index contributed by atoms with van der Waals surface area (Å²) in [5, 5.41) is 3.10. The van der Waals surface area contributed by atoms with Crippen molar-refractivity contribution in [2.45, 2.75) is 69.8 Å². The Kier molecular flexibility index (Phi) is 9.23. The van der Waals surface area contributed by atoms with Crippen LogP contribution in [0.3, 0.4) is 0 Å². The largest absolute Gasteiger partial charge is 0.416 e. The molecular weight excluding hydrogens is 548 g/mol. The van der Waals surface area contributed by atoms with Gasteiger partial charge in [0.2, 0.25) is 0 Å². The summed E-state index contributed by atoms with van der Waals surface area (Å²) >= 11 is 0. The molecule has 0 bridgehead atoms. The summed E-state index contributed by atoms with van der Waals surface area (Å²) in [5.41, 5.74) is -1.16. The Hall–Kier alpha value is -2.44. The topological polar surface area (TPSA) is 72.5 Å². The number of halogens is 6. The van der Waals surface area contributed by atoms with Gasteiger partial charge in [0.05, 0.1) is 30.0 Å². The molecule has 0 spiro atoms. The number of rotatable bonds is 8. The van der Waals surface area contributed by atoms with E-state index in [4.69, 9.17) is 4.18 Å². The van der Waals surface area contributed by atoms with Gasteiger partial charge in [-0.25, -0.2) is 0 Å².